The maximum absolute atomic E-state index is 12.4. The summed E-state index contributed by atoms with van der Waals surface area (Å²) in [6.07, 6.45) is 0. The molecule has 0 spiro atoms. The molecule has 1 heterocycles. The number of carbonyl (C=O) groups is 1. The van der Waals surface area contributed by atoms with Gasteiger partial charge in [-0.25, -0.2) is 4.98 Å². The Bertz CT molecular complexity index is 526. The van der Waals surface area contributed by atoms with Crippen molar-refractivity contribution in [2.75, 3.05) is 11.9 Å². The molecule has 0 saturated heterocycles. The third kappa shape index (κ3) is 2.49. The van der Waals surface area contributed by atoms with E-state index in [1.165, 1.54) is 0 Å². The van der Waals surface area contributed by atoms with E-state index in [2.05, 4.69) is 43.3 Å². The fraction of sp³-hybridized carbons (Fsp3) is 0.600. The summed E-state index contributed by atoms with van der Waals surface area (Å²) in [5.41, 5.74) is 0.771. The van der Waals surface area contributed by atoms with Crippen molar-refractivity contribution < 1.29 is 4.79 Å². The summed E-state index contributed by atoms with van der Waals surface area (Å²) in [5, 5.41) is 6.49. The predicted octanol–water partition coefficient (Wildman–Crippen LogP) is 3.33. The number of hydrogen-bond acceptors (Lipinski definition) is 3. The lowest BCUT2D eigenvalue weighted by atomic mass is 10.0. The molecule has 2 N–H and O–H groups in total. The van der Waals surface area contributed by atoms with Crippen LogP contribution in [0.1, 0.15) is 45.0 Å². The van der Waals surface area contributed by atoms with Crippen LogP contribution in [0.5, 0.6) is 0 Å². The molecule has 1 aliphatic carbocycles. The largest absolute Gasteiger partial charge is 0.370 e. The van der Waals surface area contributed by atoms with E-state index in [-0.39, 0.29) is 22.8 Å². The van der Waals surface area contributed by atoms with E-state index in [9.17, 15) is 4.79 Å². The lowest BCUT2D eigenvalue weighted by Crippen LogP contribution is -2.29. The van der Waals surface area contributed by atoms with Crippen LogP contribution in [0.25, 0.3) is 0 Å². The molecule has 2 rings (SSSR count). The standard InChI is InChI=1S/C15H22ClN3O/c1-6-17-11-8-9(7-10(16)18-11)12(20)19-13-14(2,3)15(13,4)5/h7-8,13H,6H2,1-5H3,(H,17,18)(H,19,20). The zero-order valence-corrected chi connectivity index (χ0v) is 13.4. The third-order valence-corrected chi connectivity index (χ3v) is 4.90. The average molecular weight is 296 g/mol. The zero-order valence-electron chi connectivity index (χ0n) is 12.7. The summed E-state index contributed by atoms with van der Waals surface area (Å²) in [6.45, 7) is 11.4. The van der Waals surface area contributed by atoms with Gasteiger partial charge in [0.05, 0.1) is 0 Å². The Morgan fingerprint density at radius 1 is 1.30 bits per heavy atom. The number of pyridine rings is 1. The molecule has 110 valence electrons. The summed E-state index contributed by atoms with van der Waals surface area (Å²) in [4.78, 5) is 16.5. The molecule has 1 aliphatic rings. The van der Waals surface area contributed by atoms with Crippen LogP contribution in [0.4, 0.5) is 5.82 Å². The molecule has 1 amide bonds. The quantitative estimate of drug-likeness (QED) is 0.838. The van der Waals surface area contributed by atoms with Crippen molar-refractivity contribution in [2.45, 2.75) is 40.7 Å². The van der Waals surface area contributed by atoms with Crippen molar-refractivity contribution >= 4 is 23.3 Å². The number of rotatable bonds is 4. The zero-order chi connectivity index (χ0) is 15.1. The predicted molar refractivity (Wildman–Crippen MR) is 82.2 cm³/mol. The Balaban J connectivity index is 2.15. The molecule has 0 bridgehead atoms. The van der Waals surface area contributed by atoms with Crippen molar-refractivity contribution in [1.29, 1.82) is 0 Å². The average Bonchev–Trinajstić information content (AvgIpc) is 2.71. The molecule has 0 unspecified atom stereocenters. The summed E-state index contributed by atoms with van der Waals surface area (Å²) in [7, 11) is 0. The van der Waals surface area contributed by atoms with Crippen molar-refractivity contribution in [3.8, 4) is 0 Å². The van der Waals surface area contributed by atoms with Crippen LogP contribution in [-0.2, 0) is 0 Å². The highest BCUT2D eigenvalue weighted by atomic mass is 35.5. The summed E-state index contributed by atoms with van der Waals surface area (Å²) < 4.78 is 0. The lowest BCUT2D eigenvalue weighted by molar-refractivity contribution is 0.0943. The number of amides is 1. The molecule has 1 aromatic heterocycles. The second-order valence-electron chi connectivity index (χ2n) is 6.44. The molecule has 0 radical (unpaired) electrons. The van der Waals surface area contributed by atoms with E-state index in [0.29, 0.717) is 16.5 Å². The summed E-state index contributed by atoms with van der Waals surface area (Å²) >= 11 is 5.96. The molecule has 20 heavy (non-hydrogen) atoms. The SMILES string of the molecule is CCNc1cc(C(=O)NC2C(C)(C)C2(C)C)cc(Cl)n1. The Morgan fingerprint density at radius 2 is 1.90 bits per heavy atom. The van der Waals surface area contributed by atoms with Crippen molar-refractivity contribution in [3.63, 3.8) is 0 Å². The molecule has 1 fully saturated rings. The Labute approximate surface area is 125 Å². The smallest absolute Gasteiger partial charge is 0.251 e. The van der Waals surface area contributed by atoms with Crippen LogP contribution in [-0.4, -0.2) is 23.5 Å². The number of nitrogens with zero attached hydrogens (tertiary/aromatic N) is 1. The molecule has 0 aliphatic heterocycles. The number of aromatic nitrogens is 1. The summed E-state index contributed by atoms with van der Waals surface area (Å²) in [6, 6.07) is 3.50. The number of nitrogens with one attached hydrogen (secondary N) is 2. The van der Waals surface area contributed by atoms with E-state index >= 15 is 0 Å². The first kappa shape index (κ1) is 15.1. The van der Waals surface area contributed by atoms with Gasteiger partial charge in [0.1, 0.15) is 11.0 Å². The van der Waals surface area contributed by atoms with Gasteiger partial charge in [0.25, 0.3) is 5.91 Å². The first-order chi connectivity index (χ1) is 9.20. The molecular formula is C15H22ClN3O. The maximum Gasteiger partial charge on any atom is 0.251 e. The van der Waals surface area contributed by atoms with Gasteiger partial charge in [-0.15, -0.1) is 0 Å². The monoisotopic (exact) mass is 295 g/mol. The van der Waals surface area contributed by atoms with Gasteiger partial charge in [0, 0.05) is 18.2 Å². The fourth-order valence-electron chi connectivity index (χ4n) is 2.67. The third-order valence-electron chi connectivity index (χ3n) is 4.71. The summed E-state index contributed by atoms with van der Waals surface area (Å²) in [5.74, 6) is 0.525. The molecule has 5 heteroatoms. The minimum absolute atomic E-state index is 0.0999. The Hall–Kier alpha value is -1.29. The Morgan fingerprint density at radius 3 is 2.40 bits per heavy atom. The molecular weight excluding hydrogens is 274 g/mol. The topological polar surface area (TPSA) is 54.0 Å². The van der Waals surface area contributed by atoms with Gasteiger partial charge in [-0.2, -0.15) is 0 Å². The van der Waals surface area contributed by atoms with Crippen molar-refractivity contribution in [2.24, 2.45) is 10.8 Å². The van der Waals surface area contributed by atoms with Crippen LogP contribution in [0, 0.1) is 10.8 Å². The van der Waals surface area contributed by atoms with E-state index in [1.807, 2.05) is 6.92 Å². The second-order valence-corrected chi connectivity index (χ2v) is 6.83. The highest BCUT2D eigenvalue weighted by Crippen LogP contribution is 2.62. The molecule has 4 nitrogen and oxygen atoms in total. The van der Waals surface area contributed by atoms with Gasteiger partial charge in [0.2, 0.25) is 0 Å². The maximum atomic E-state index is 12.4. The van der Waals surface area contributed by atoms with Crippen molar-refractivity contribution in [1.82, 2.24) is 10.3 Å². The highest BCUT2D eigenvalue weighted by molar-refractivity contribution is 6.29. The molecule has 0 aromatic carbocycles. The van der Waals surface area contributed by atoms with Crippen LogP contribution in [0.15, 0.2) is 12.1 Å². The highest BCUT2D eigenvalue weighted by Gasteiger charge is 2.65. The second kappa shape index (κ2) is 4.92. The van der Waals surface area contributed by atoms with Gasteiger partial charge in [-0.3, -0.25) is 4.79 Å². The van der Waals surface area contributed by atoms with Crippen LogP contribution < -0.4 is 10.6 Å². The van der Waals surface area contributed by atoms with Crippen molar-refractivity contribution in [3.05, 3.63) is 22.8 Å². The van der Waals surface area contributed by atoms with Gasteiger partial charge in [0.15, 0.2) is 0 Å². The Kier molecular flexibility index (Phi) is 3.71. The normalized spacial score (nSPS) is 19.5. The van der Waals surface area contributed by atoms with Crippen LogP contribution in [0.2, 0.25) is 5.15 Å². The van der Waals surface area contributed by atoms with E-state index in [1.54, 1.807) is 12.1 Å². The first-order valence-corrected chi connectivity index (χ1v) is 7.30. The van der Waals surface area contributed by atoms with Gasteiger partial charge < -0.3 is 10.6 Å². The van der Waals surface area contributed by atoms with E-state index in [0.717, 1.165) is 6.54 Å². The molecule has 1 saturated carbocycles. The molecule has 1 aromatic rings. The minimum atomic E-state index is -0.0999. The first-order valence-electron chi connectivity index (χ1n) is 6.92. The number of hydrogen-bond donors (Lipinski definition) is 2. The van der Waals surface area contributed by atoms with E-state index < -0.39 is 0 Å². The van der Waals surface area contributed by atoms with Crippen LogP contribution in [0.3, 0.4) is 0 Å². The lowest BCUT2D eigenvalue weighted by Gasteiger charge is -2.09. The minimum Gasteiger partial charge on any atom is -0.370 e. The molecule has 0 atom stereocenters. The van der Waals surface area contributed by atoms with Gasteiger partial charge in [-0.05, 0) is 29.9 Å². The van der Waals surface area contributed by atoms with Gasteiger partial charge in [-0.1, -0.05) is 39.3 Å². The number of anilines is 1. The number of halogens is 1. The fourth-order valence-corrected chi connectivity index (χ4v) is 2.88. The van der Waals surface area contributed by atoms with E-state index in [4.69, 9.17) is 11.6 Å². The number of carbonyl (C=O) groups excluding carboxylic acids is 1. The van der Waals surface area contributed by atoms with Gasteiger partial charge >= 0.3 is 0 Å². The van der Waals surface area contributed by atoms with Crippen LogP contribution >= 0.6 is 11.6 Å².